The van der Waals surface area contributed by atoms with Crippen molar-refractivity contribution in [2.24, 2.45) is 5.73 Å². The molecule has 0 aliphatic heterocycles. The molecule has 4 heteroatoms. The molecule has 2 aromatic carbocycles. The van der Waals surface area contributed by atoms with Gasteiger partial charge in [0.25, 0.3) is 0 Å². The van der Waals surface area contributed by atoms with Gasteiger partial charge in [0.1, 0.15) is 17.5 Å². The minimum absolute atomic E-state index is 0.139. The smallest absolute Gasteiger partial charge is 0.131 e. The Morgan fingerprint density at radius 3 is 2.28 bits per heavy atom. The molecule has 18 heavy (non-hydrogen) atoms. The van der Waals surface area contributed by atoms with Gasteiger partial charge in [-0.1, -0.05) is 18.2 Å². The van der Waals surface area contributed by atoms with Crippen molar-refractivity contribution >= 4 is 0 Å². The molecule has 1 unspecified atom stereocenters. The molecule has 2 N–H and O–H groups in total. The Kier molecular flexibility index (Phi) is 3.39. The van der Waals surface area contributed by atoms with Crippen molar-refractivity contribution in [3.63, 3.8) is 0 Å². The molecule has 0 bridgehead atoms. The summed E-state index contributed by atoms with van der Waals surface area (Å²) in [6, 6.07) is 6.82. The van der Waals surface area contributed by atoms with E-state index in [1.54, 1.807) is 19.1 Å². The van der Waals surface area contributed by atoms with E-state index in [-0.39, 0.29) is 5.56 Å². The molecule has 2 aromatic rings. The van der Waals surface area contributed by atoms with Crippen LogP contribution in [0.1, 0.15) is 22.7 Å². The Labute approximate surface area is 103 Å². The fourth-order valence-electron chi connectivity index (χ4n) is 1.74. The second-order valence-corrected chi connectivity index (χ2v) is 4.15. The number of hydrogen-bond donors (Lipinski definition) is 1. The molecule has 0 aliphatic carbocycles. The minimum Gasteiger partial charge on any atom is -0.320 e. The zero-order valence-corrected chi connectivity index (χ0v) is 9.75. The summed E-state index contributed by atoms with van der Waals surface area (Å²) in [7, 11) is 0. The maximum Gasteiger partial charge on any atom is 0.131 e. The zero-order chi connectivity index (χ0) is 13.3. The summed E-state index contributed by atoms with van der Waals surface area (Å²) < 4.78 is 39.8. The van der Waals surface area contributed by atoms with Crippen molar-refractivity contribution in [1.29, 1.82) is 0 Å². The van der Waals surface area contributed by atoms with Gasteiger partial charge in [0, 0.05) is 11.6 Å². The lowest BCUT2D eigenvalue weighted by atomic mass is 9.98. The van der Waals surface area contributed by atoms with E-state index in [2.05, 4.69) is 0 Å². The van der Waals surface area contributed by atoms with Crippen LogP contribution in [0.25, 0.3) is 0 Å². The first-order chi connectivity index (χ1) is 8.49. The molecule has 0 saturated heterocycles. The molecule has 0 radical (unpaired) electrons. The first-order valence-corrected chi connectivity index (χ1v) is 5.45. The normalized spacial score (nSPS) is 12.5. The van der Waals surface area contributed by atoms with Crippen LogP contribution in [0.4, 0.5) is 13.2 Å². The van der Waals surface area contributed by atoms with E-state index < -0.39 is 23.5 Å². The largest absolute Gasteiger partial charge is 0.320 e. The molecular weight excluding hydrogens is 239 g/mol. The van der Waals surface area contributed by atoms with Crippen LogP contribution in [0.2, 0.25) is 0 Å². The van der Waals surface area contributed by atoms with Crippen LogP contribution in [-0.4, -0.2) is 0 Å². The Balaban J connectivity index is 2.41. The van der Waals surface area contributed by atoms with Crippen LogP contribution in [0.3, 0.4) is 0 Å². The lowest BCUT2D eigenvalue weighted by Gasteiger charge is -2.14. The standard InChI is InChI=1S/C14H12F3N/c1-8-2-3-9(6-12(8)16)14(18)11-5-4-10(15)7-13(11)17/h2-7,14H,18H2,1H3. The lowest BCUT2D eigenvalue weighted by molar-refractivity contribution is 0.564. The number of hydrogen-bond acceptors (Lipinski definition) is 1. The van der Waals surface area contributed by atoms with Gasteiger partial charge < -0.3 is 5.73 Å². The molecule has 1 nitrogen and oxygen atoms in total. The summed E-state index contributed by atoms with van der Waals surface area (Å²) in [6.07, 6.45) is 0. The highest BCUT2D eigenvalue weighted by atomic mass is 19.1. The molecule has 0 heterocycles. The fourth-order valence-corrected chi connectivity index (χ4v) is 1.74. The average molecular weight is 251 g/mol. The van der Waals surface area contributed by atoms with Gasteiger partial charge in [-0.25, -0.2) is 13.2 Å². The van der Waals surface area contributed by atoms with Crippen molar-refractivity contribution in [2.75, 3.05) is 0 Å². The van der Waals surface area contributed by atoms with Crippen molar-refractivity contribution < 1.29 is 13.2 Å². The fraction of sp³-hybridized carbons (Fsp3) is 0.143. The highest BCUT2D eigenvalue weighted by Gasteiger charge is 2.15. The van der Waals surface area contributed by atoms with Gasteiger partial charge in [-0.15, -0.1) is 0 Å². The first-order valence-electron chi connectivity index (χ1n) is 5.45. The van der Waals surface area contributed by atoms with Crippen LogP contribution in [-0.2, 0) is 0 Å². The average Bonchev–Trinajstić information content (AvgIpc) is 2.32. The lowest BCUT2D eigenvalue weighted by Crippen LogP contribution is -2.14. The third-order valence-corrected chi connectivity index (χ3v) is 2.85. The highest BCUT2D eigenvalue weighted by molar-refractivity contribution is 5.34. The van der Waals surface area contributed by atoms with Crippen molar-refractivity contribution in [3.8, 4) is 0 Å². The van der Waals surface area contributed by atoms with Gasteiger partial charge in [-0.05, 0) is 30.2 Å². The van der Waals surface area contributed by atoms with E-state index in [9.17, 15) is 13.2 Å². The summed E-state index contributed by atoms with van der Waals surface area (Å²) in [4.78, 5) is 0. The molecule has 0 spiro atoms. The third-order valence-electron chi connectivity index (χ3n) is 2.85. The predicted octanol–water partition coefficient (Wildman–Crippen LogP) is 3.46. The minimum atomic E-state index is -0.819. The van der Waals surface area contributed by atoms with E-state index in [0.717, 1.165) is 12.1 Å². The molecule has 0 aromatic heterocycles. The zero-order valence-electron chi connectivity index (χ0n) is 9.75. The van der Waals surface area contributed by atoms with Gasteiger partial charge in [0.15, 0.2) is 0 Å². The van der Waals surface area contributed by atoms with E-state index in [0.29, 0.717) is 11.1 Å². The van der Waals surface area contributed by atoms with Crippen molar-refractivity contribution in [2.45, 2.75) is 13.0 Å². The second kappa shape index (κ2) is 4.82. The maximum absolute atomic E-state index is 13.6. The number of halogens is 3. The Hall–Kier alpha value is -1.81. The molecule has 94 valence electrons. The van der Waals surface area contributed by atoms with Crippen LogP contribution in [0, 0.1) is 24.4 Å². The number of rotatable bonds is 2. The molecule has 0 aliphatic rings. The van der Waals surface area contributed by atoms with Crippen LogP contribution < -0.4 is 5.73 Å². The quantitative estimate of drug-likeness (QED) is 0.869. The first kappa shape index (κ1) is 12.6. The van der Waals surface area contributed by atoms with Gasteiger partial charge >= 0.3 is 0 Å². The second-order valence-electron chi connectivity index (χ2n) is 4.15. The van der Waals surface area contributed by atoms with Crippen LogP contribution in [0.5, 0.6) is 0 Å². The van der Waals surface area contributed by atoms with Gasteiger partial charge in [0.05, 0.1) is 6.04 Å². The molecular formula is C14H12F3N. The third kappa shape index (κ3) is 2.38. The molecule has 0 fully saturated rings. The number of nitrogens with two attached hydrogens (primary N) is 1. The predicted molar refractivity (Wildman–Crippen MR) is 63.5 cm³/mol. The van der Waals surface area contributed by atoms with Crippen molar-refractivity contribution in [3.05, 3.63) is 70.5 Å². The van der Waals surface area contributed by atoms with E-state index in [1.165, 1.54) is 12.1 Å². The van der Waals surface area contributed by atoms with E-state index in [1.807, 2.05) is 0 Å². The van der Waals surface area contributed by atoms with E-state index >= 15 is 0 Å². The molecule has 2 rings (SSSR count). The summed E-state index contributed by atoms with van der Waals surface area (Å²) >= 11 is 0. The highest BCUT2D eigenvalue weighted by Crippen LogP contribution is 2.24. The number of aryl methyl sites for hydroxylation is 1. The van der Waals surface area contributed by atoms with Gasteiger partial charge in [-0.2, -0.15) is 0 Å². The SMILES string of the molecule is Cc1ccc(C(N)c2ccc(F)cc2F)cc1F. The number of benzene rings is 2. The summed E-state index contributed by atoms with van der Waals surface area (Å²) in [5, 5.41) is 0. The molecule has 0 amide bonds. The monoisotopic (exact) mass is 251 g/mol. The van der Waals surface area contributed by atoms with Gasteiger partial charge in [0.2, 0.25) is 0 Å². The Bertz CT molecular complexity index is 581. The molecule has 1 atom stereocenters. The Morgan fingerprint density at radius 1 is 0.944 bits per heavy atom. The summed E-state index contributed by atoms with van der Waals surface area (Å²) in [5.74, 6) is -1.80. The van der Waals surface area contributed by atoms with Crippen LogP contribution in [0.15, 0.2) is 36.4 Å². The maximum atomic E-state index is 13.6. The van der Waals surface area contributed by atoms with Gasteiger partial charge in [-0.3, -0.25) is 0 Å². The summed E-state index contributed by atoms with van der Waals surface area (Å²) in [6.45, 7) is 1.63. The Morgan fingerprint density at radius 2 is 1.67 bits per heavy atom. The van der Waals surface area contributed by atoms with E-state index in [4.69, 9.17) is 5.73 Å². The van der Waals surface area contributed by atoms with Crippen molar-refractivity contribution in [1.82, 2.24) is 0 Å². The summed E-state index contributed by atoms with van der Waals surface area (Å²) in [5.41, 5.74) is 6.93. The molecule has 0 saturated carbocycles. The topological polar surface area (TPSA) is 26.0 Å². The van der Waals surface area contributed by atoms with Crippen LogP contribution >= 0.6 is 0 Å².